The Bertz CT molecular complexity index is 829. The molecular weight excluding hydrogens is 342 g/mol. The summed E-state index contributed by atoms with van der Waals surface area (Å²) in [6, 6.07) is 11.0. The zero-order valence-corrected chi connectivity index (χ0v) is 16.6. The average Bonchev–Trinajstić information content (AvgIpc) is 2.64. The summed E-state index contributed by atoms with van der Waals surface area (Å²) in [7, 11) is 0. The first-order valence-electron chi connectivity index (χ1n) is 9.19. The fourth-order valence-electron chi connectivity index (χ4n) is 2.74. The van der Waals surface area contributed by atoms with E-state index in [1.54, 1.807) is 32.0 Å². The molecule has 0 aliphatic carbocycles. The van der Waals surface area contributed by atoms with E-state index in [9.17, 15) is 9.59 Å². The Balaban J connectivity index is 2.18. The highest BCUT2D eigenvalue weighted by atomic mass is 16.5. The van der Waals surface area contributed by atoms with Gasteiger partial charge in [-0.3, -0.25) is 4.79 Å². The monoisotopic (exact) mass is 369 g/mol. The van der Waals surface area contributed by atoms with Crippen LogP contribution in [0.3, 0.4) is 0 Å². The minimum absolute atomic E-state index is 0.248. The van der Waals surface area contributed by atoms with Crippen LogP contribution in [0.2, 0.25) is 0 Å². The van der Waals surface area contributed by atoms with E-state index in [1.165, 1.54) is 0 Å². The smallest absolute Gasteiger partial charge is 0.338 e. The van der Waals surface area contributed by atoms with Gasteiger partial charge >= 0.3 is 5.97 Å². The number of anilines is 1. The first kappa shape index (κ1) is 20.5. The molecule has 0 saturated carbocycles. The molecule has 0 aromatic heterocycles. The van der Waals surface area contributed by atoms with Gasteiger partial charge < -0.3 is 14.8 Å². The van der Waals surface area contributed by atoms with Gasteiger partial charge in [-0.05, 0) is 69.0 Å². The quantitative estimate of drug-likeness (QED) is 0.725. The van der Waals surface area contributed by atoms with Crippen LogP contribution in [0.4, 0.5) is 5.69 Å². The highest BCUT2D eigenvalue weighted by Gasteiger charge is 2.21. The lowest BCUT2D eigenvalue weighted by Crippen LogP contribution is -2.33. The van der Waals surface area contributed by atoms with Gasteiger partial charge in [0, 0.05) is 5.69 Å². The SMILES string of the molecule is CCOC(=O)c1cccc(NC(=O)[C@@H](CC)Oc2cccc(C)c2C)c1C. The predicted molar refractivity (Wildman–Crippen MR) is 106 cm³/mol. The number of carbonyl (C=O) groups excluding carboxylic acids is 2. The van der Waals surface area contributed by atoms with Crippen LogP contribution in [0.25, 0.3) is 0 Å². The zero-order valence-electron chi connectivity index (χ0n) is 16.6. The van der Waals surface area contributed by atoms with Crippen molar-refractivity contribution < 1.29 is 19.1 Å². The van der Waals surface area contributed by atoms with Crippen molar-refractivity contribution in [2.75, 3.05) is 11.9 Å². The standard InChI is InChI=1S/C22H27NO4/c1-6-19(27-20-13-8-10-14(3)15(20)4)21(24)23-18-12-9-11-17(16(18)5)22(25)26-7-2/h8-13,19H,6-7H2,1-5H3,(H,23,24)/t19-/m1/s1. The molecule has 27 heavy (non-hydrogen) atoms. The van der Waals surface area contributed by atoms with Gasteiger partial charge in [-0.15, -0.1) is 0 Å². The number of rotatable bonds is 7. The van der Waals surface area contributed by atoms with Crippen molar-refractivity contribution in [2.45, 2.75) is 47.1 Å². The summed E-state index contributed by atoms with van der Waals surface area (Å²) < 4.78 is 11.0. The zero-order chi connectivity index (χ0) is 20.0. The van der Waals surface area contributed by atoms with Crippen molar-refractivity contribution in [1.82, 2.24) is 0 Å². The molecular formula is C22H27NO4. The van der Waals surface area contributed by atoms with Crippen molar-refractivity contribution in [3.8, 4) is 5.75 Å². The molecule has 5 heteroatoms. The molecule has 0 radical (unpaired) electrons. The fraction of sp³-hybridized carbons (Fsp3) is 0.364. The number of esters is 1. The second-order valence-electron chi connectivity index (χ2n) is 6.40. The van der Waals surface area contributed by atoms with Crippen molar-refractivity contribution in [2.24, 2.45) is 0 Å². The first-order valence-corrected chi connectivity index (χ1v) is 9.19. The first-order chi connectivity index (χ1) is 12.9. The Morgan fingerprint density at radius 3 is 2.37 bits per heavy atom. The topological polar surface area (TPSA) is 64.6 Å². The molecule has 5 nitrogen and oxygen atoms in total. The van der Waals surface area contributed by atoms with Gasteiger partial charge in [-0.2, -0.15) is 0 Å². The van der Waals surface area contributed by atoms with Gasteiger partial charge in [0.2, 0.25) is 0 Å². The maximum Gasteiger partial charge on any atom is 0.338 e. The van der Waals surface area contributed by atoms with Gasteiger partial charge in [-0.1, -0.05) is 25.1 Å². The molecule has 0 fully saturated rings. The van der Waals surface area contributed by atoms with E-state index in [1.807, 2.05) is 39.0 Å². The molecule has 1 atom stereocenters. The molecule has 2 rings (SSSR count). The lowest BCUT2D eigenvalue weighted by atomic mass is 10.1. The third-order valence-corrected chi connectivity index (χ3v) is 4.57. The van der Waals surface area contributed by atoms with Gasteiger partial charge in [0.1, 0.15) is 5.75 Å². The molecule has 0 bridgehead atoms. The van der Waals surface area contributed by atoms with E-state index in [0.29, 0.717) is 35.6 Å². The van der Waals surface area contributed by atoms with Gasteiger partial charge in [0.05, 0.1) is 12.2 Å². The van der Waals surface area contributed by atoms with E-state index in [0.717, 1.165) is 11.1 Å². The van der Waals surface area contributed by atoms with Crippen LogP contribution in [-0.2, 0) is 9.53 Å². The molecule has 0 spiro atoms. The summed E-state index contributed by atoms with van der Waals surface area (Å²) in [4.78, 5) is 24.8. The summed E-state index contributed by atoms with van der Waals surface area (Å²) in [5.74, 6) is 0.0567. The Kier molecular flexibility index (Phi) is 6.99. The second kappa shape index (κ2) is 9.21. The lowest BCUT2D eigenvalue weighted by molar-refractivity contribution is -0.122. The van der Waals surface area contributed by atoms with Crippen LogP contribution in [-0.4, -0.2) is 24.6 Å². The third kappa shape index (κ3) is 4.88. The van der Waals surface area contributed by atoms with Crippen LogP contribution >= 0.6 is 0 Å². The van der Waals surface area contributed by atoms with E-state index >= 15 is 0 Å². The summed E-state index contributed by atoms with van der Waals surface area (Å²) >= 11 is 0. The number of amides is 1. The molecule has 0 saturated heterocycles. The van der Waals surface area contributed by atoms with Gasteiger partial charge in [0.15, 0.2) is 6.10 Å². The molecule has 0 aliphatic rings. The van der Waals surface area contributed by atoms with Crippen molar-refractivity contribution in [3.63, 3.8) is 0 Å². The van der Waals surface area contributed by atoms with Crippen LogP contribution < -0.4 is 10.1 Å². The number of aryl methyl sites for hydroxylation is 1. The summed E-state index contributed by atoms with van der Waals surface area (Å²) in [5, 5.41) is 2.88. The predicted octanol–water partition coefficient (Wildman–Crippen LogP) is 4.58. The van der Waals surface area contributed by atoms with Crippen LogP contribution in [0.15, 0.2) is 36.4 Å². The molecule has 0 heterocycles. The number of benzene rings is 2. The molecule has 2 aromatic rings. The molecule has 0 unspecified atom stereocenters. The number of ether oxygens (including phenoxy) is 2. The number of carbonyl (C=O) groups is 2. The normalized spacial score (nSPS) is 11.6. The minimum Gasteiger partial charge on any atom is -0.480 e. The second-order valence-corrected chi connectivity index (χ2v) is 6.40. The Hall–Kier alpha value is -2.82. The molecule has 0 aliphatic heterocycles. The highest BCUT2D eigenvalue weighted by Crippen LogP contribution is 2.24. The molecule has 1 N–H and O–H groups in total. The summed E-state index contributed by atoms with van der Waals surface area (Å²) in [5.41, 5.74) is 3.82. The maximum atomic E-state index is 12.8. The molecule has 144 valence electrons. The van der Waals surface area contributed by atoms with E-state index in [4.69, 9.17) is 9.47 Å². The number of hydrogen-bond donors (Lipinski definition) is 1. The van der Waals surface area contributed by atoms with Crippen molar-refractivity contribution in [3.05, 3.63) is 58.7 Å². The van der Waals surface area contributed by atoms with Crippen LogP contribution in [0.1, 0.15) is 47.3 Å². The Labute approximate surface area is 160 Å². The van der Waals surface area contributed by atoms with Crippen LogP contribution in [0, 0.1) is 20.8 Å². The molecule has 2 aromatic carbocycles. The molecule has 1 amide bonds. The Morgan fingerprint density at radius 2 is 1.70 bits per heavy atom. The van der Waals surface area contributed by atoms with E-state index in [2.05, 4.69) is 5.32 Å². The van der Waals surface area contributed by atoms with Crippen molar-refractivity contribution in [1.29, 1.82) is 0 Å². The van der Waals surface area contributed by atoms with Crippen LogP contribution in [0.5, 0.6) is 5.75 Å². The fourth-order valence-corrected chi connectivity index (χ4v) is 2.74. The summed E-state index contributed by atoms with van der Waals surface area (Å²) in [6.45, 7) is 9.73. The highest BCUT2D eigenvalue weighted by molar-refractivity contribution is 5.98. The summed E-state index contributed by atoms with van der Waals surface area (Å²) in [6.07, 6.45) is -0.105. The van der Waals surface area contributed by atoms with Gasteiger partial charge in [-0.25, -0.2) is 4.79 Å². The van der Waals surface area contributed by atoms with Gasteiger partial charge in [0.25, 0.3) is 5.91 Å². The number of nitrogens with one attached hydrogen (secondary N) is 1. The third-order valence-electron chi connectivity index (χ3n) is 4.57. The minimum atomic E-state index is -0.629. The maximum absolute atomic E-state index is 12.8. The number of hydrogen-bond acceptors (Lipinski definition) is 4. The van der Waals surface area contributed by atoms with E-state index < -0.39 is 12.1 Å². The van der Waals surface area contributed by atoms with E-state index in [-0.39, 0.29) is 5.91 Å². The lowest BCUT2D eigenvalue weighted by Gasteiger charge is -2.20. The largest absolute Gasteiger partial charge is 0.480 e. The Morgan fingerprint density at radius 1 is 1.00 bits per heavy atom. The average molecular weight is 369 g/mol. The van der Waals surface area contributed by atoms with Crippen molar-refractivity contribution >= 4 is 17.6 Å².